The maximum atomic E-state index is 9.01. The Morgan fingerprint density at radius 2 is 2.20 bits per heavy atom. The maximum Gasteiger partial charge on any atom is 0.175 e. The van der Waals surface area contributed by atoms with Crippen molar-refractivity contribution >= 4 is 17.3 Å². The molecule has 0 N–H and O–H groups in total. The van der Waals surface area contributed by atoms with E-state index < -0.39 is 0 Å². The lowest BCUT2D eigenvalue weighted by Crippen LogP contribution is -2.13. The highest BCUT2D eigenvalue weighted by Gasteiger charge is 2.34. The number of benzene rings is 1. The number of halogens is 1. The lowest BCUT2D eigenvalue weighted by molar-refractivity contribution is 0.0722. The van der Waals surface area contributed by atoms with Crippen molar-refractivity contribution in [1.29, 1.82) is 5.26 Å². The second-order valence-electron chi connectivity index (χ2n) is 3.39. The number of hydrogen-bond acceptors (Lipinski definition) is 3. The predicted molar refractivity (Wildman–Crippen MR) is 57.5 cm³/mol. The summed E-state index contributed by atoms with van der Waals surface area (Å²) >= 11 is 6.03. The van der Waals surface area contributed by atoms with Crippen LogP contribution in [0.25, 0.3) is 0 Å². The quantitative estimate of drug-likeness (QED) is 0.731. The maximum absolute atomic E-state index is 9.01. The van der Waals surface area contributed by atoms with Gasteiger partial charge in [-0.1, -0.05) is 35.0 Å². The van der Waals surface area contributed by atoms with Gasteiger partial charge in [-0.15, -0.1) is 0 Å². The van der Waals surface area contributed by atoms with Gasteiger partial charge in [0.1, 0.15) is 5.92 Å². The normalized spacial score (nSPS) is 24.2. The Hall–Kier alpha value is -1.53. The van der Waals surface area contributed by atoms with E-state index in [0.29, 0.717) is 10.7 Å². The smallest absolute Gasteiger partial charge is 0.175 e. The second-order valence-corrected chi connectivity index (χ2v) is 3.79. The molecule has 0 amide bonds. The van der Waals surface area contributed by atoms with E-state index in [0.717, 1.165) is 5.56 Å². The first-order valence-corrected chi connectivity index (χ1v) is 4.96. The van der Waals surface area contributed by atoms with E-state index in [1.807, 2.05) is 18.2 Å². The molecular formula is C11H9ClN2O. The minimum atomic E-state index is -0.372. The zero-order chi connectivity index (χ0) is 10.8. The number of oxime groups is 1. The van der Waals surface area contributed by atoms with Crippen LogP contribution in [0, 0.1) is 17.2 Å². The Balaban J connectivity index is 2.35. The molecule has 2 atom stereocenters. The van der Waals surface area contributed by atoms with Gasteiger partial charge in [0.05, 0.1) is 11.8 Å². The summed E-state index contributed by atoms with van der Waals surface area (Å²) in [5.41, 5.74) is 1.51. The van der Waals surface area contributed by atoms with Crippen molar-refractivity contribution in [3.63, 3.8) is 0 Å². The second kappa shape index (κ2) is 3.92. The van der Waals surface area contributed by atoms with Crippen molar-refractivity contribution in [2.75, 3.05) is 0 Å². The van der Waals surface area contributed by atoms with Crippen LogP contribution in [0.2, 0.25) is 5.02 Å². The van der Waals surface area contributed by atoms with Crippen molar-refractivity contribution in [3.8, 4) is 6.07 Å². The van der Waals surface area contributed by atoms with E-state index in [-0.39, 0.29) is 12.0 Å². The van der Waals surface area contributed by atoms with Crippen LogP contribution in [0.4, 0.5) is 0 Å². The molecule has 1 aromatic carbocycles. The molecule has 0 radical (unpaired) electrons. The summed E-state index contributed by atoms with van der Waals surface area (Å²) < 4.78 is 0. The molecule has 2 rings (SSSR count). The molecule has 0 bridgehead atoms. The Bertz CT molecular complexity index is 450. The summed E-state index contributed by atoms with van der Waals surface area (Å²) in [6.07, 6.45) is -0.372. The molecule has 1 aliphatic rings. The van der Waals surface area contributed by atoms with E-state index in [4.69, 9.17) is 21.7 Å². The SMILES string of the molecule is CC1=NO[C@@H](c2ccccc2Cl)[C@H]1C#N. The van der Waals surface area contributed by atoms with Gasteiger partial charge in [-0.25, -0.2) is 0 Å². The molecule has 0 spiro atoms. The van der Waals surface area contributed by atoms with Crippen LogP contribution in [0.3, 0.4) is 0 Å². The zero-order valence-electron chi connectivity index (χ0n) is 8.14. The van der Waals surface area contributed by atoms with Crippen LogP contribution >= 0.6 is 11.6 Å². The zero-order valence-corrected chi connectivity index (χ0v) is 8.90. The molecule has 4 heteroatoms. The van der Waals surface area contributed by atoms with Crippen LogP contribution in [-0.2, 0) is 4.84 Å². The van der Waals surface area contributed by atoms with Crippen molar-refractivity contribution in [2.45, 2.75) is 13.0 Å². The standard InChI is InChI=1S/C11H9ClN2O/c1-7-9(6-13)11(15-14-7)8-4-2-3-5-10(8)12/h2-5,9,11H,1H3/t9-,11-/m0/s1. The lowest BCUT2D eigenvalue weighted by Gasteiger charge is -2.13. The summed E-state index contributed by atoms with van der Waals surface area (Å²) in [5.74, 6) is -0.343. The Morgan fingerprint density at radius 1 is 1.47 bits per heavy atom. The average molecular weight is 221 g/mol. The molecule has 0 aliphatic carbocycles. The fraction of sp³-hybridized carbons (Fsp3) is 0.273. The predicted octanol–water partition coefficient (Wildman–Crippen LogP) is 2.93. The minimum Gasteiger partial charge on any atom is -0.386 e. The van der Waals surface area contributed by atoms with E-state index in [1.54, 1.807) is 13.0 Å². The fourth-order valence-electron chi connectivity index (χ4n) is 1.58. The number of nitriles is 1. The average Bonchev–Trinajstić information content (AvgIpc) is 2.60. The summed E-state index contributed by atoms with van der Waals surface area (Å²) in [7, 11) is 0. The molecule has 76 valence electrons. The van der Waals surface area contributed by atoms with Gasteiger partial charge in [0.15, 0.2) is 6.10 Å². The van der Waals surface area contributed by atoms with Gasteiger partial charge in [0.25, 0.3) is 0 Å². The summed E-state index contributed by atoms with van der Waals surface area (Å²) in [6, 6.07) is 9.52. The van der Waals surface area contributed by atoms with Crippen LogP contribution in [0.5, 0.6) is 0 Å². The number of nitrogens with zero attached hydrogens (tertiary/aromatic N) is 2. The van der Waals surface area contributed by atoms with Gasteiger partial charge >= 0.3 is 0 Å². The number of rotatable bonds is 1. The van der Waals surface area contributed by atoms with Crippen molar-refractivity contribution in [2.24, 2.45) is 11.1 Å². The Kier molecular flexibility index (Phi) is 2.61. The van der Waals surface area contributed by atoms with Gasteiger partial charge in [0, 0.05) is 10.6 Å². The molecule has 0 saturated heterocycles. The highest BCUT2D eigenvalue weighted by molar-refractivity contribution is 6.31. The minimum absolute atomic E-state index is 0.343. The highest BCUT2D eigenvalue weighted by Crippen LogP contribution is 2.35. The van der Waals surface area contributed by atoms with E-state index in [9.17, 15) is 0 Å². The van der Waals surface area contributed by atoms with E-state index >= 15 is 0 Å². The van der Waals surface area contributed by atoms with Gasteiger partial charge in [-0.3, -0.25) is 0 Å². The molecule has 3 nitrogen and oxygen atoms in total. The monoisotopic (exact) mass is 220 g/mol. The molecule has 0 aromatic heterocycles. The Morgan fingerprint density at radius 3 is 2.87 bits per heavy atom. The van der Waals surface area contributed by atoms with Crippen molar-refractivity contribution in [3.05, 3.63) is 34.9 Å². The topological polar surface area (TPSA) is 45.4 Å². The van der Waals surface area contributed by atoms with Gasteiger partial charge in [-0.2, -0.15) is 5.26 Å². The fourth-order valence-corrected chi connectivity index (χ4v) is 1.82. The van der Waals surface area contributed by atoms with Gasteiger partial charge < -0.3 is 4.84 Å². The third kappa shape index (κ3) is 1.69. The molecule has 1 aromatic rings. The Labute approximate surface area is 92.9 Å². The largest absolute Gasteiger partial charge is 0.386 e. The highest BCUT2D eigenvalue weighted by atomic mass is 35.5. The summed E-state index contributed by atoms with van der Waals surface area (Å²) in [6.45, 7) is 1.78. The first kappa shape index (κ1) is 10.0. The molecule has 0 saturated carbocycles. The molecule has 1 aliphatic heterocycles. The van der Waals surface area contributed by atoms with Crippen LogP contribution in [-0.4, -0.2) is 5.71 Å². The van der Waals surface area contributed by atoms with Gasteiger partial charge in [0.2, 0.25) is 0 Å². The molecule has 15 heavy (non-hydrogen) atoms. The molecule has 0 fully saturated rings. The third-order valence-electron chi connectivity index (χ3n) is 2.41. The van der Waals surface area contributed by atoms with Crippen molar-refractivity contribution < 1.29 is 4.84 Å². The lowest BCUT2D eigenvalue weighted by atomic mass is 9.94. The summed E-state index contributed by atoms with van der Waals surface area (Å²) in [5, 5.41) is 13.4. The number of hydrogen-bond donors (Lipinski definition) is 0. The van der Waals surface area contributed by atoms with Gasteiger partial charge in [-0.05, 0) is 13.0 Å². The molecular weight excluding hydrogens is 212 g/mol. The van der Waals surface area contributed by atoms with E-state index in [1.165, 1.54) is 0 Å². The molecule has 1 heterocycles. The van der Waals surface area contributed by atoms with Crippen molar-refractivity contribution in [1.82, 2.24) is 0 Å². The van der Waals surface area contributed by atoms with Crippen LogP contribution in [0.15, 0.2) is 29.4 Å². The van der Waals surface area contributed by atoms with Crippen LogP contribution < -0.4 is 0 Å². The third-order valence-corrected chi connectivity index (χ3v) is 2.76. The first-order chi connectivity index (χ1) is 7.24. The van der Waals surface area contributed by atoms with E-state index in [2.05, 4.69) is 11.2 Å². The molecule has 0 unspecified atom stereocenters. The first-order valence-electron chi connectivity index (χ1n) is 4.58. The van der Waals surface area contributed by atoms with Crippen LogP contribution in [0.1, 0.15) is 18.6 Å². The summed E-state index contributed by atoms with van der Waals surface area (Å²) in [4.78, 5) is 5.22.